The smallest absolute Gasteiger partial charge is 0.262 e. The lowest BCUT2D eigenvalue weighted by molar-refractivity contribution is 0.0792. The SMILES string of the molecule is CCCCCN(C)C(=O)c1cc(Br)cc(S(=O)(=O)Cl)c1Cl. The maximum Gasteiger partial charge on any atom is 0.262 e. The van der Waals surface area contributed by atoms with E-state index in [9.17, 15) is 13.2 Å². The molecule has 4 nitrogen and oxygen atoms in total. The second-order valence-corrected chi connectivity index (χ2v) is 8.47. The molecule has 8 heteroatoms. The number of hydrogen-bond acceptors (Lipinski definition) is 3. The normalized spacial score (nSPS) is 11.5. The second-order valence-electron chi connectivity index (χ2n) is 4.64. The highest BCUT2D eigenvalue weighted by Gasteiger charge is 2.23. The minimum Gasteiger partial charge on any atom is -0.342 e. The standard InChI is InChI=1S/C13H16BrCl2NO3S/c1-3-4-5-6-17(2)13(18)10-7-9(14)8-11(12(10)15)21(16,19)20/h7-8H,3-6H2,1-2H3. The van der Waals surface area contributed by atoms with E-state index in [0.717, 1.165) is 19.3 Å². The Balaban J connectivity index is 3.13. The zero-order chi connectivity index (χ0) is 16.2. The summed E-state index contributed by atoms with van der Waals surface area (Å²) < 4.78 is 23.4. The molecule has 1 aromatic rings. The van der Waals surface area contributed by atoms with Crippen LogP contribution in [0.3, 0.4) is 0 Å². The summed E-state index contributed by atoms with van der Waals surface area (Å²) in [5.41, 5.74) is 0.115. The van der Waals surface area contributed by atoms with Crippen LogP contribution in [0.4, 0.5) is 0 Å². The quantitative estimate of drug-likeness (QED) is 0.513. The van der Waals surface area contributed by atoms with Crippen molar-refractivity contribution in [3.05, 3.63) is 27.2 Å². The minimum atomic E-state index is -4.02. The molecule has 0 aliphatic heterocycles. The van der Waals surface area contributed by atoms with Crippen LogP contribution < -0.4 is 0 Å². The van der Waals surface area contributed by atoms with Crippen molar-refractivity contribution in [1.29, 1.82) is 0 Å². The van der Waals surface area contributed by atoms with Gasteiger partial charge in [0.15, 0.2) is 0 Å². The Kier molecular flexibility index (Phi) is 6.97. The summed E-state index contributed by atoms with van der Waals surface area (Å²) in [6.07, 6.45) is 2.95. The van der Waals surface area contributed by atoms with Gasteiger partial charge in [0.1, 0.15) is 4.90 Å². The van der Waals surface area contributed by atoms with Crippen LogP contribution in [-0.2, 0) is 9.05 Å². The summed E-state index contributed by atoms with van der Waals surface area (Å²) >= 11 is 9.20. The zero-order valence-corrected chi connectivity index (χ0v) is 15.6. The van der Waals surface area contributed by atoms with Crippen molar-refractivity contribution in [2.24, 2.45) is 0 Å². The van der Waals surface area contributed by atoms with Crippen LogP contribution in [0.15, 0.2) is 21.5 Å². The maximum atomic E-state index is 12.4. The first kappa shape index (κ1) is 18.7. The van der Waals surface area contributed by atoms with Crippen LogP contribution in [0.5, 0.6) is 0 Å². The van der Waals surface area contributed by atoms with Gasteiger partial charge in [-0.1, -0.05) is 47.3 Å². The Morgan fingerprint density at radius 1 is 1.33 bits per heavy atom. The molecule has 0 radical (unpaired) electrons. The first-order chi connectivity index (χ1) is 9.68. The molecule has 0 spiro atoms. The number of nitrogens with zero attached hydrogens (tertiary/aromatic N) is 1. The van der Waals surface area contributed by atoms with Gasteiger partial charge in [0.2, 0.25) is 0 Å². The first-order valence-electron chi connectivity index (χ1n) is 6.37. The van der Waals surface area contributed by atoms with Crippen molar-refractivity contribution in [2.75, 3.05) is 13.6 Å². The van der Waals surface area contributed by atoms with Gasteiger partial charge in [0.25, 0.3) is 15.0 Å². The van der Waals surface area contributed by atoms with Gasteiger partial charge in [-0.25, -0.2) is 8.42 Å². The molecule has 0 saturated carbocycles. The van der Waals surface area contributed by atoms with Crippen LogP contribution in [-0.4, -0.2) is 32.8 Å². The van der Waals surface area contributed by atoms with Gasteiger partial charge in [-0.2, -0.15) is 0 Å². The summed E-state index contributed by atoms with van der Waals surface area (Å²) in [4.78, 5) is 13.6. The molecule has 1 aromatic carbocycles. The largest absolute Gasteiger partial charge is 0.342 e. The topological polar surface area (TPSA) is 54.5 Å². The molecular formula is C13H16BrCl2NO3S. The average Bonchev–Trinajstić information content (AvgIpc) is 2.39. The second kappa shape index (κ2) is 7.81. The monoisotopic (exact) mass is 415 g/mol. The van der Waals surface area contributed by atoms with Crippen molar-refractivity contribution >= 4 is 53.2 Å². The van der Waals surface area contributed by atoms with Crippen molar-refractivity contribution in [3.8, 4) is 0 Å². The molecule has 1 amide bonds. The molecule has 0 N–H and O–H groups in total. The van der Waals surface area contributed by atoms with E-state index in [-0.39, 0.29) is 21.4 Å². The van der Waals surface area contributed by atoms with Crippen LogP contribution in [0.1, 0.15) is 36.5 Å². The fraction of sp³-hybridized carbons (Fsp3) is 0.462. The molecule has 0 heterocycles. The average molecular weight is 417 g/mol. The van der Waals surface area contributed by atoms with Crippen molar-refractivity contribution in [3.63, 3.8) is 0 Å². The fourth-order valence-corrected chi connectivity index (χ4v) is 3.98. The molecule has 0 aliphatic rings. The third kappa shape index (κ3) is 5.13. The van der Waals surface area contributed by atoms with Gasteiger partial charge in [-0.05, 0) is 18.6 Å². The Morgan fingerprint density at radius 3 is 2.48 bits per heavy atom. The number of halogens is 3. The summed E-state index contributed by atoms with van der Waals surface area (Å²) in [5.74, 6) is -0.334. The van der Waals surface area contributed by atoms with Crippen LogP contribution >= 0.6 is 38.2 Å². The molecule has 0 unspecified atom stereocenters. The number of hydrogen-bond donors (Lipinski definition) is 0. The number of unbranched alkanes of at least 4 members (excludes halogenated alkanes) is 2. The Labute approximate surface area is 143 Å². The minimum absolute atomic E-state index is 0.115. The van der Waals surface area contributed by atoms with E-state index in [4.69, 9.17) is 22.3 Å². The fourth-order valence-electron chi connectivity index (χ4n) is 1.80. The van der Waals surface area contributed by atoms with Gasteiger partial charge < -0.3 is 4.90 Å². The highest BCUT2D eigenvalue weighted by Crippen LogP contribution is 2.32. The predicted molar refractivity (Wildman–Crippen MR) is 88.7 cm³/mol. The van der Waals surface area contributed by atoms with Gasteiger partial charge in [-0.15, -0.1) is 0 Å². The number of carbonyl (C=O) groups excluding carboxylic acids is 1. The van der Waals surface area contributed by atoms with Crippen LogP contribution in [0.25, 0.3) is 0 Å². The van der Waals surface area contributed by atoms with E-state index in [2.05, 4.69) is 22.9 Å². The van der Waals surface area contributed by atoms with E-state index in [1.807, 2.05) is 0 Å². The molecule has 0 saturated heterocycles. The lowest BCUT2D eigenvalue weighted by Crippen LogP contribution is -2.28. The number of amides is 1. The highest BCUT2D eigenvalue weighted by atomic mass is 79.9. The number of carbonyl (C=O) groups is 1. The molecule has 1 rings (SSSR count). The van der Waals surface area contributed by atoms with E-state index in [1.165, 1.54) is 17.0 Å². The van der Waals surface area contributed by atoms with Crippen LogP contribution in [0, 0.1) is 0 Å². The van der Waals surface area contributed by atoms with Gasteiger partial charge in [-0.3, -0.25) is 4.79 Å². The lowest BCUT2D eigenvalue weighted by atomic mass is 10.2. The molecular weight excluding hydrogens is 401 g/mol. The van der Waals surface area contributed by atoms with Crippen LogP contribution in [0.2, 0.25) is 5.02 Å². The molecule has 0 aliphatic carbocycles. The molecule has 21 heavy (non-hydrogen) atoms. The molecule has 0 aromatic heterocycles. The zero-order valence-electron chi connectivity index (χ0n) is 11.7. The molecule has 118 valence electrons. The van der Waals surface area contributed by atoms with E-state index in [1.54, 1.807) is 7.05 Å². The van der Waals surface area contributed by atoms with E-state index >= 15 is 0 Å². The third-order valence-electron chi connectivity index (χ3n) is 2.94. The van der Waals surface area contributed by atoms with E-state index in [0.29, 0.717) is 11.0 Å². The molecule has 0 fully saturated rings. The highest BCUT2D eigenvalue weighted by molar-refractivity contribution is 9.10. The molecule has 0 atom stereocenters. The summed E-state index contributed by atoms with van der Waals surface area (Å²) in [5, 5.41) is -0.152. The summed E-state index contributed by atoms with van der Waals surface area (Å²) in [7, 11) is 2.97. The van der Waals surface area contributed by atoms with Gasteiger partial charge >= 0.3 is 0 Å². The Hall–Kier alpha value is -0.300. The van der Waals surface area contributed by atoms with Gasteiger partial charge in [0, 0.05) is 28.7 Å². The van der Waals surface area contributed by atoms with Gasteiger partial charge in [0.05, 0.1) is 10.6 Å². The predicted octanol–water partition coefficient (Wildman–Crippen LogP) is 4.29. The van der Waals surface area contributed by atoms with Crippen molar-refractivity contribution in [2.45, 2.75) is 31.1 Å². The third-order valence-corrected chi connectivity index (χ3v) is 5.26. The van der Waals surface area contributed by atoms with Crippen molar-refractivity contribution in [1.82, 2.24) is 4.90 Å². The number of rotatable bonds is 6. The number of benzene rings is 1. The van der Waals surface area contributed by atoms with Crippen molar-refractivity contribution < 1.29 is 13.2 Å². The Bertz CT molecular complexity index is 635. The summed E-state index contributed by atoms with van der Waals surface area (Å²) in [6, 6.07) is 2.77. The summed E-state index contributed by atoms with van der Waals surface area (Å²) in [6.45, 7) is 2.66. The first-order valence-corrected chi connectivity index (χ1v) is 9.85. The lowest BCUT2D eigenvalue weighted by Gasteiger charge is -2.18. The van der Waals surface area contributed by atoms with E-state index < -0.39 is 9.05 Å². The molecule has 0 bridgehead atoms. The Morgan fingerprint density at radius 2 is 1.95 bits per heavy atom. The maximum absolute atomic E-state index is 12.4.